The van der Waals surface area contributed by atoms with Gasteiger partial charge in [0.15, 0.2) is 0 Å². The summed E-state index contributed by atoms with van der Waals surface area (Å²) in [4.78, 5) is 13.0. The van der Waals surface area contributed by atoms with Crippen LogP contribution in [0.3, 0.4) is 0 Å². The van der Waals surface area contributed by atoms with Crippen LogP contribution in [0, 0.1) is 5.92 Å². The monoisotopic (exact) mass is 576 g/mol. The van der Waals surface area contributed by atoms with E-state index >= 15 is 0 Å². The van der Waals surface area contributed by atoms with Crippen LogP contribution in [0.15, 0.2) is 59.5 Å². The second-order valence-electron chi connectivity index (χ2n) is 10.8. The SMILES string of the molecule is CCC1(COCC(=O)N[C@@H](Cc2ccccc2)[C@H](O)CN(CC(C)C)S(=O)(=O)c2ccc(OC)cc2)CCCO1. The van der Waals surface area contributed by atoms with E-state index in [1.165, 1.54) is 23.5 Å². The van der Waals surface area contributed by atoms with Crippen LogP contribution in [0.2, 0.25) is 0 Å². The van der Waals surface area contributed by atoms with Crippen molar-refractivity contribution in [1.29, 1.82) is 0 Å². The van der Waals surface area contributed by atoms with Gasteiger partial charge in [-0.25, -0.2) is 8.42 Å². The molecule has 222 valence electrons. The minimum atomic E-state index is -3.92. The summed E-state index contributed by atoms with van der Waals surface area (Å²) in [5.41, 5.74) is 0.557. The van der Waals surface area contributed by atoms with E-state index in [2.05, 4.69) is 5.32 Å². The van der Waals surface area contributed by atoms with Crippen molar-refractivity contribution in [1.82, 2.24) is 9.62 Å². The molecule has 2 N–H and O–H groups in total. The van der Waals surface area contributed by atoms with Crippen LogP contribution in [0.5, 0.6) is 5.75 Å². The minimum Gasteiger partial charge on any atom is -0.497 e. The van der Waals surface area contributed by atoms with Crippen LogP contribution in [0.1, 0.15) is 45.6 Å². The maximum atomic E-state index is 13.6. The summed E-state index contributed by atoms with van der Waals surface area (Å²) >= 11 is 0. The van der Waals surface area contributed by atoms with Gasteiger partial charge in [-0.2, -0.15) is 4.31 Å². The first-order chi connectivity index (χ1) is 19.1. The molecule has 1 aliphatic heterocycles. The summed E-state index contributed by atoms with van der Waals surface area (Å²) in [5, 5.41) is 14.3. The lowest BCUT2D eigenvalue weighted by atomic mass is 9.98. The van der Waals surface area contributed by atoms with E-state index in [1.807, 2.05) is 51.1 Å². The molecule has 3 atom stereocenters. The number of carbonyl (C=O) groups is 1. The maximum Gasteiger partial charge on any atom is 0.246 e. The summed E-state index contributed by atoms with van der Waals surface area (Å²) in [6.07, 6.45) is 1.83. The van der Waals surface area contributed by atoms with E-state index in [0.29, 0.717) is 25.4 Å². The zero-order valence-electron chi connectivity index (χ0n) is 24.0. The first kappa shape index (κ1) is 32.0. The average molecular weight is 577 g/mol. The van der Waals surface area contributed by atoms with Crippen LogP contribution in [-0.2, 0) is 30.7 Å². The Kier molecular flexibility index (Phi) is 12.0. The zero-order chi connectivity index (χ0) is 29.2. The molecule has 1 unspecified atom stereocenters. The number of amides is 1. The lowest BCUT2D eigenvalue weighted by Gasteiger charge is -2.31. The van der Waals surface area contributed by atoms with Gasteiger partial charge in [0, 0.05) is 19.7 Å². The van der Waals surface area contributed by atoms with Crippen LogP contribution in [-0.4, -0.2) is 81.5 Å². The van der Waals surface area contributed by atoms with E-state index in [-0.39, 0.29) is 42.0 Å². The molecule has 1 fully saturated rings. The molecule has 2 aromatic rings. The van der Waals surface area contributed by atoms with Crippen molar-refractivity contribution in [3.05, 3.63) is 60.2 Å². The summed E-state index contributed by atoms with van der Waals surface area (Å²) in [5.74, 6) is 0.184. The Bertz CT molecular complexity index is 1150. The Morgan fingerprint density at radius 2 is 1.82 bits per heavy atom. The predicted molar refractivity (Wildman–Crippen MR) is 154 cm³/mol. The number of nitrogens with one attached hydrogen (secondary N) is 1. The fraction of sp³-hybridized carbons (Fsp3) is 0.567. The van der Waals surface area contributed by atoms with E-state index < -0.39 is 22.2 Å². The number of nitrogens with zero attached hydrogens (tertiary/aromatic N) is 1. The van der Waals surface area contributed by atoms with Crippen molar-refractivity contribution >= 4 is 15.9 Å². The van der Waals surface area contributed by atoms with Gasteiger partial charge in [-0.3, -0.25) is 4.79 Å². The van der Waals surface area contributed by atoms with Gasteiger partial charge in [0.05, 0.1) is 36.4 Å². The molecule has 0 bridgehead atoms. The summed E-state index contributed by atoms with van der Waals surface area (Å²) in [6.45, 7) is 6.75. The van der Waals surface area contributed by atoms with Crippen molar-refractivity contribution in [2.45, 2.75) is 69.1 Å². The highest BCUT2D eigenvalue weighted by Crippen LogP contribution is 2.29. The van der Waals surface area contributed by atoms with E-state index in [9.17, 15) is 18.3 Å². The number of sulfonamides is 1. The number of aliphatic hydroxyl groups excluding tert-OH is 1. The molecular formula is C30H44N2O7S. The van der Waals surface area contributed by atoms with Gasteiger partial charge in [-0.1, -0.05) is 51.1 Å². The Hall–Kier alpha value is -2.50. The molecule has 0 spiro atoms. The maximum absolute atomic E-state index is 13.6. The molecule has 40 heavy (non-hydrogen) atoms. The van der Waals surface area contributed by atoms with Gasteiger partial charge >= 0.3 is 0 Å². The Balaban J connectivity index is 1.74. The normalized spacial score (nSPS) is 19.1. The Morgan fingerprint density at radius 1 is 1.12 bits per heavy atom. The number of hydrogen-bond acceptors (Lipinski definition) is 7. The highest BCUT2D eigenvalue weighted by Gasteiger charge is 2.34. The van der Waals surface area contributed by atoms with Crippen molar-refractivity contribution in [2.24, 2.45) is 5.92 Å². The Labute approximate surface area is 238 Å². The number of benzene rings is 2. The van der Waals surface area contributed by atoms with Gasteiger partial charge in [0.1, 0.15) is 12.4 Å². The zero-order valence-corrected chi connectivity index (χ0v) is 24.9. The van der Waals surface area contributed by atoms with Gasteiger partial charge < -0.3 is 24.6 Å². The molecule has 0 radical (unpaired) electrons. The van der Waals surface area contributed by atoms with Crippen LogP contribution in [0.25, 0.3) is 0 Å². The lowest BCUT2D eigenvalue weighted by Crippen LogP contribution is -2.52. The molecule has 10 heteroatoms. The summed E-state index contributed by atoms with van der Waals surface area (Å²) < 4.78 is 45.2. The van der Waals surface area contributed by atoms with Gasteiger partial charge in [0.25, 0.3) is 0 Å². The smallest absolute Gasteiger partial charge is 0.246 e. The molecule has 0 aromatic heterocycles. The highest BCUT2D eigenvalue weighted by atomic mass is 32.2. The molecule has 0 saturated carbocycles. The fourth-order valence-corrected chi connectivity index (χ4v) is 6.51. The van der Waals surface area contributed by atoms with Crippen molar-refractivity contribution in [3.63, 3.8) is 0 Å². The lowest BCUT2D eigenvalue weighted by molar-refractivity contribution is -0.131. The van der Waals surface area contributed by atoms with Crippen LogP contribution >= 0.6 is 0 Å². The van der Waals surface area contributed by atoms with E-state index in [4.69, 9.17) is 14.2 Å². The third-order valence-electron chi connectivity index (χ3n) is 7.19. The third-order valence-corrected chi connectivity index (χ3v) is 9.04. The molecule has 3 rings (SSSR count). The second-order valence-corrected chi connectivity index (χ2v) is 12.7. The standard InChI is InChI=1S/C30H44N2O7S/c1-5-30(16-9-17-39-30)22-38-21-29(34)31-27(18-24-10-7-6-8-11-24)28(33)20-32(19-23(2)3)40(35,36)26-14-12-25(37-4)13-15-26/h6-8,10-15,23,27-28,33H,5,9,16-22H2,1-4H3,(H,31,34)/t27-,28+,30?/m0/s1. The first-order valence-corrected chi connectivity index (χ1v) is 15.4. The molecule has 1 aliphatic rings. The largest absolute Gasteiger partial charge is 0.497 e. The van der Waals surface area contributed by atoms with Crippen molar-refractivity contribution < 1.29 is 32.5 Å². The number of hydrogen-bond donors (Lipinski definition) is 2. The molecule has 1 amide bonds. The molecule has 0 aliphatic carbocycles. The second kappa shape index (κ2) is 14.9. The number of carbonyl (C=O) groups excluding carboxylic acids is 1. The molecule has 1 saturated heterocycles. The fourth-order valence-electron chi connectivity index (χ4n) is 4.89. The molecule has 2 aromatic carbocycles. The van der Waals surface area contributed by atoms with E-state index in [1.54, 1.807) is 12.1 Å². The quantitative estimate of drug-likeness (QED) is 0.315. The topological polar surface area (TPSA) is 114 Å². The number of rotatable bonds is 16. The number of ether oxygens (including phenoxy) is 3. The van der Waals surface area contributed by atoms with Crippen molar-refractivity contribution in [3.8, 4) is 5.75 Å². The predicted octanol–water partition coefficient (Wildman–Crippen LogP) is 3.41. The number of methoxy groups -OCH3 is 1. The van der Waals surface area contributed by atoms with Gasteiger partial charge in [0.2, 0.25) is 15.9 Å². The minimum absolute atomic E-state index is 0.0134. The highest BCUT2D eigenvalue weighted by molar-refractivity contribution is 7.89. The van der Waals surface area contributed by atoms with Crippen LogP contribution < -0.4 is 10.1 Å². The molecular weight excluding hydrogens is 532 g/mol. The van der Waals surface area contributed by atoms with Gasteiger partial charge in [-0.15, -0.1) is 0 Å². The number of aliphatic hydroxyl groups is 1. The first-order valence-electron chi connectivity index (χ1n) is 14.0. The summed E-state index contributed by atoms with van der Waals surface area (Å²) in [7, 11) is -2.40. The van der Waals surface area contributed by atoms with Crippen molar-refractivity contribution in [2.75, 3.05) is 40.0 Å². The van der Waals surface area contributed by atoms with Crippen LogP contribution in [0.4, 0.5) is 0 Å². The Morgan fingerprint density at radius 3 is 2.40 bits per heavy atom. The summed E-state index contributed by atoms with van der Waals surface area (Å²) in [6, 6.07) is 14.9. The van der Waals surface area contributed by atoms with E-state index in [0.717, 1.165) is 24.8 Å². The average Bonchev–Trinajstić information content (AvgIpc) is 3.42. The third kappa shape index (κ3) is 9.01. The molecule has 1 heterocycles. The van der Waals surface area contributed by atoms with Gasteiger partial charge in [-0.05, 0) is 61.4 Å². The molecule has 9 nitrogen and oxygen atoms in total.